The van der Waals surface area contributed by atoms with Gasteiger partial charge in [-0.25, -0.2) is 4.90 Å². The Bertz CT molecular complexity index is 1040. The Morgan fingerprint density at radius 1 is 0.839 bits per heavy atom. The van der Waals surface area contributed by atoms with Crippen molar-refractivity contribution < 1.29 is 19.1 Å². The number of rotatable bonds is 5. The molecule has 0 spiro atoms. The van der Waals surface area contributed by atoms with Crippen LogP contribution in [-0.4, -0.2) is 69.1 Å². The summed E-state index contributed by atoms with van der Waals surface area (Å²) >= 11 is 0. The van der Waals surface area contributed by atoms with Crippen LogP contribution in [0.4, 0.5) is 5.69 Å². The monoisotopic (exact) mass is 421 g/mol. The van der Waals surface area contributed by atoms with E-state index in [9.17, 15) is 9.59 Å². The summed E-state index contributed by atoms with van der Waals surface area (Å²) in [5.41, 5.74) is 3.14. The van der Waals surface area contributed by atoms with Gasteiger partial charge in [-0.05, 0) is 31.7 Å². The number of aryl methyl sites for hydroxylation is 1. The van der Waals surface area contributed by atoms with Gasteiger partial charge in [0.15, 0.2) is 0 Å². The number of hydrogen-bond acceptors (Lipinski definition) is 6. The Balaban J connectivity index is 1.82. The van der Waals surface area contributed by atoms with E-state index in [1.807, 2.05) is 36.1 Å². The molecule has 0 bridgehead atoms. The van der Waals surface area contributed by atoms with Crippen LogP contribution in [0.5, 0.6) is 11.5 Å². The predicted molar refractivity (Wildman–Crippen MR) is 119 cm³/mol. The minimum absolute atomic E-state index is 0.325. The molecular weight excluding hydrogens is 394 g/mol. The van der Waals surface area contributed by atoms with E-state index in [4.69, 9.17) is 9.47 Å². The van der Waals surface area contributed by atoms with E-state index in [2.05, 4.69) is 11.9 Å². The number of imide groups is 1. The second kappa shape index (κ2) is 8.43. The maximum Gasteiger partial charge on any atom is 0.282 e. The van der Waals surface area contributed by atoms with Gasteiger partial charge in [-0.15, -0.1) is 0 Å². The summed E-state index contributed by atoms with van der Waals surface area (Å²) in [4.78, 5) is 32.8. The lowest BCUT2D eigenvalue weighted by molar-refractivity contribution is -0.120. The molecule has 2 heterocycles. The molecule has 0 N–H and O–H groups in total. The molecule has 0 aromatic heterocycles. The first-order valence-corrected chi connectivity index (χ1v) is 10.3. The third kappa shape index (κ3) is 3.77. The topological polar surface area (TPSA) is 62.3 Å². The van der Waals surface area contributed by atoms with Crippen LogP contribution in [0.25, 0.3) is 5.57 Å². The molecule has 0 unspecified atom stereocenters. The van der Waals surface area contributed by atoms with Gasteiger partial charge in [0.25, 0.3) is 11.8 Å². The number of nitrogens with zero attached hydrogens (tertiary/aromatic N) is 3. The third-order valence-corrected chi connectivity index (χ3v) is 5.85. The van der Waals surface area contributed by atoms with Gasteiger partial charge >= 0.3 is 0 Å². The molecule has 2 aliphatic heterocycles. The molecule has 31 heavy (non-hydrogen) atoms. The first-order valence-electron chi connectivity index (χ1n) is 10.3. The van der Waals surface area contributed by atoms with Gasteiger partial charge in [0, 0.05) is 32.2 Å². The minimum atomic E-state index is -0.341. The summed E-state index contributed by atoms with van der Waals surface area (Å²) in [6, 6.07) is 12.8. The van der Waals surface area contributed by atoms with Crippen molar-refractivity contribution in [3.63, 3.8) is 0 Å². The van der Waals surface area contributed by atoms with Crippen molar-refractivity contribution >= 4 is 23.1 Å². The largest absolute Gasteiger partial charge is 0.497 e. The number of amides is 2. The number of piperazine rings is 1. The van der Waals surface area contributed by atoms with Crippen molar-refractivity contribution in [2.24, 2.45) is 0 Å². The zero-order chi connectivity index (χ0) is 22.1. The quantitative estimate of drug-likeness (QED) is 0.692. The average Bonchev–Trinajstić information content (AvgIpc) is 3.04. The fourth-order valence-electron chi connectivity index (χ4n) is 4.01. The number of hydrogen-bond donors (Lipinski definition) is 0. The zero-order valence-corrected chi connectivity index (χ0v) is 18.3. The highest BCUT2D eigenvalue weighted by Crippen LogP contribution is 2.40. The van der Waals surface area contributed by atoms with E-state index in [0.717, 1.165) is 24.2 Å². The van der Waals surface area contributed by atoms with E-state index in [0.29, 0.717) is 41.5 Å². The van der Waals surface area contributed by atoms with Crippen LogP contribution in [0.1, 0.15) is 11.1 Å². The minimum Gasteiger partial charge on any atom is -0.497 e. The van der Waals surface area contributed by atoms with E-state index < -0.39 is 0 Å². The molecule has 0 radical (unpaired) electrons. The van der Waals surface area contributed by atoms with Crippen LogP contribution in [0.2, 0.25) is 0 Å². The van der Waals surface area contributed by atoms with Crippen LogP contribution in [0.15, 0.2) is 48.2 Å². The Morgan fingerprint density at radius 2 is 1.52 bits per heavy atom. The highest BCUT2D eigenvalue weighted by molar-refractivity contribution is 6.45. The molecule has 7 heteroatoms. The van der Waals surface area contributed by atoms with E-state index in [1.165, 1.54) is 12.0 Å². The fraction of sp³-hybridized carbons (Fsp3) is 0.333. The lowest BCUT2D eigenvalue weighted by Gasteiger charge is -2.34. The van der Waals surface area contributed by atoms with Gasteiger partial charge in [0.05, 0.1) is 25.5 Å². The van der Waals surface area contributed by atoms with E-state index in [1.54, 1.807) is 25.3 Å². The van der Waals surface area contributed by atoms with Gasteiger partial charge < -0.3 is 19.3 Å². The van der Waals surface area contributed by atoms with E-state index in [-0.39, 0.29) is 11.8 Å². The molecule has 7 nitrogen and oxygen atoms in total. The molecule has 0 atom stereocenters. The molecular formula is C24H27N3O4. The first kappa shape index (κ1) is 20.9. The molecule has 4 rings (SSSR count). The summed E-state index contributed by atoms with van der Waals surface area (Å²) in [5.74, 6) is 0.328. The Morgan fingerprint density at radius 3 is 2.13 bits per heavy atom. The predicted octanol–water partition coefficient (Wildman–Crippen LogP) is 2.54. The third-order valence-electron chi connectivity index (χ3n) is 5.85. The second-order valence-corrected chi connectivity index (χ2v) is 7.86. The maximum absolute atomic E-state index is 13.7. The van der Waals surface area contributed by atoms with Crippen LogP contribution in [0.3, 0.4) is 0 Å². The standard InChI is InChI=1S/C24H27N3O4/c1-16-5-7-17(8-6-16)21-22(26-13-11-25(2)12-14-26)24(29)27(23(21)28)19-10-9-18(30-3)15-20(19)31-4/h5-10,15H,11-14H2,1-4H3. The molecule has 162 valence electrons. The van der Waals surface area contributed by atoms with Crippen molar-refractivity contribution in [3.8, 4) is 11.5 Å². The molecule has 2 aromatic rings. The molecule has 1 saturated heterocycles. The second-order valence-electron chi connectivity index (χ2n) is 7.86. The molecule has 1 fully saturated rings. The maximum atomic E-state index is 13.7. The van der Waals surface area contributed by atoms with Crippen LogP contribution >= 0.6 is 0 Å². The Hall–Kier alpha value is -3.32. The van der Waals surface area contributed by atoms with Crippen LogP contribution < -0.4 is 14.4 Å². The summed E-state index contributed by atoms with van der Waals surface area (Å²) < 4.78 is 10.7. The molecule has 2 amide bonds. The average molecular weight is 421 g/mol. The lowest BCUT2D eigenvalue weighted by Crippen LogP contribution is -2.46. The highest BCUT2D eigenvalue weighted by Gasteiger charge is 2.43. The number of likely N-dealkylation sites (N-methyl/N-ethyl adjacent to an activating group) is 1. The van der Waals surface area contributed by atoms with Crippen molar-refractivity contribution in [1.29, 1.82) is 0 Å². The number of carbonyl (C=O) groups excluding carboxylic acids is 2. The SMILES string of the molecule is COc1ccc(N2C(=O)C(c3ccc(C)cc3)=C(N3CCN(C)CC3)C2=O)c(OC)c1. The number of ether oxygens (including phenoxy) is 2. The van der Waals surface area contributed by atoms with E-state index >= 15 is 0 Å². The normalized spacial score (nSPS) is 17.5. The summed E-state index contributed by atoms with van der Waals surface area (Å²) in [6.45, 7) is 5.04. The van der Waals surface area contributed by atoms with Crippen molar-refractivity contribution in [1.82, 2.24) is 9.80 Å². The number of benzene rings is 2. The molecule has 2 aromatic carbocycles. The number of carbonyl (C=O) groups is 2. The summed E-state index contributed by atoms with van der Waals surface area (Å²) in [7, 11) is 5.13. The number of anilines is 1. The number of methoxy groups -OCH3 is 2. The van der Waals surface area contributed by atoms with Gasteiger partial charge in [-0.3, -0.25) is 9.59 Å². The van der Waals surface area contributed by atoms with Crippen LogP contribution in [-0.2, 0) is 9.59 Å². The van der Waals surface area contributed by atoms with Gasteiger partial charge in [-0.2, -0.15) is 0 Å². The highest BCUT2D eigenvalue weighted by atomic mass is 16.5. The first-order chi connectivity index (χ1) is 14.9. The van der Waals surface area contributed by atoms with Crippen molar-refractivity contribution in [2.75, 3.05) is 52.3 Å². The molecule has 0 aliphatic carbocycles. The lowest BCUT2D eigenvalue weighted by atomic mass is 10.0. The smallest absolute Gasteiger partial charge is 0.282 e. The van der Waals surface area contributed by atoms with Gasteiger partial charge in [0.1, 0.15) is 17.2 Å². The summed E-state index contributed by atoms with van der Waals surface area (Å²) in [5, 5.41) is 0. The van der Waals surface area contributed by atoms with Gasteiger partial charge in [-0.1, -0.05) is 29.8 Å². The summed E-state index contributed by atoms with van der Waals surface area (Å²) in [6.07, 6.45) is 0. The van der Waals surface area contributed by atoms with Crippen molar-refractivity contribution in [3.05, 3.63) is 59.3 Å². The fourth-order valence-corrected chi connectivity index (χ4v) is 4.01. The Kier molecular flexibility index (Phi) is 5.69. The zero-order valence-electron chi connectivity index (χ0n) is 18.3. The Labute approximate surface area is 182 Å². The molecule has 2 aliphatic rings. The molecule has 0 saturated carbocycles. The van der Waals surface area contributed by atoms with Crippen LogP contribution in [0, 0.1) is 6.92 Å². The van der Waals surface area contributed by atoms with Gasteiger partial charge in [0.2, 0.25) is 0 Å². The van der Waals surface area contributed by atoms with Crippen molar-refractivity contribution in [2.45, 2.75) is 6.92 Å².